The van der Waals surface area contributed by atoms with Gasteiger partial charge in [0.2, 0.25) is 0 Å². The number of aromatic nitrogens is 4. The Hall–Kier alpha value is -3.78. The van der Waals surface area contributed by atoms with Crippen LogP contribution in [0.5, 0.6) is 5.75 Å². The van der Waals surface area contributed by atoms with E-state index in [1.807, 2.05) is 55.5 Å². The van der Waals surface area contributed by atoms with Gasteiger partial charge in [-0.15, -0.1) is 0 Å². The standard InChI is InChI=1S/C24H23N5O3/c1-15-24(26-20-9-4-3-8-19(20)25-15)27-21-13-32-14-22(21)29-23(30)11-10-18(28-29)16-6-5-7-17(12-16)31-2/h3-12,21-22H,13-14H2,1-2H3,(H,26,27). The number of fused-ring (bicyclic) bond motifs is 1. The minimum atomic E-state index is -0.277. The van der Waals surface area contributed by atoms with Crippen molar-refractivity contribution in [1.29, 1.82) is 0 Å². The lowest BCUT2D eigenvalue weighted by Gasteiger charge is -2.22. The average molecular weight is 429 g/mol. The molecular formula is C24H23N5O3. The highest BCUT2D eigenvalue weighted by molar-refractivity contribution is 5.76. The quantitative estimate of drug-likeness (QED) is 0.521. The Bertz CT molecular complexity index is 1340. The molecule has 1 aliphatic heterocycles. The van der Waals surface area contributed by atoms with E-state index < -0.39 is 0 Å². The number of rotatable bonds is 5. The van der Waals surface area contributed by atoms with Crippen LogP contribution in [0.1, 0.15) is 11.7 Å². The van der Waals surface area contributed by atoms with Gasteiger partial charge < -0.3 is 14.8 Å². The second-order valence-corrected chi connectivity index (χ2v) is 7.74. The molecule has 162 valence electrons. The summed E-state index contributed by atoms with van der Waals surface area (Å²) in [6, 6.07) is 18.2. The van der Waals surface area contributed by atoms with E-state index >= 15 is 0 Å². The molecule has 0 saturated carbocycles. The van der Waals surface area contributed by atoms with Crippen LogP contribution in [-0.2, 0) is 4.74 Å². The molecule has 1 saturated heterocycles. The van der Waals surface area contributed by atoms with Crippen molar-refractivity contribution in [3.05, 3.63) is 76.7 Å². The number of hydrogen-bond acceptors (Lipinski definition) is 7. The third-order valence-corrected chi connectivity index (χ3v) is 5.62. The molecule has 2 unspecified atom stereocenters. The summed E-state index contributed by atoms with van der Waals surface area (Å²) in [6.07, 6.45) is 0. The number of aryl methyl sites for hydroxylation is 1. The summed E-state index contributed by atoms with van der Waals surface area (Å²) in [4.78, 5) is 22.1. The summed E-state index contributed by atoms with van der Waals surface area (Å²) < 4.78 is 12.5. The molecule has 8 nitrogen and oxygen atoms in total. The van der Waals surface area contributed by atoms with Crippen LogP contribution in [0.4, 0.5) is 5.82 Å². The van der Waals surface area contributed by atoms with Crippen LogP contribution < -0.4 is 15.6 Å². The van der Waals surface area contributed by atoms with E-state index in [4.69, 9.17) is 14.5 Å². The van der Waals surface area contributed by atoms with E-state index in [0.717, 1.165) is 28.0 Å². The van der Waals surface area contributed by atoms with Crippen LogP contribution >= 0.6 is 0 Å². The summed E-state index contributed by atoms with van der Waals surface area (Å²) in [5.41, 5.74) is 3.83. The van der Waals surface area contributed by atoms with Crippen LogP contribution in [0.25, 0.3) is 22.3 Å². The maximum atomic E-state index is 12.7. The van der Waals surface area contributed by atoms with E-state index in [1.54, 1.807) is 13.2 Å². The van der Waals surface area contributed by atoms with E-state index in [2.05, 4.69) is 15.4 Å². The first-order valence-corrected chi connectivity index (χ1v) is 10.4. The molecule has 5 rings (SSSR count). The van der Waals surface area contributed by atoms with Crippen LogP contribution in [0.15, 0.2) is 65.5 Å². The van der Waals surface area contributed by atoms with Crippen molar-refractivity contribution in [2.45, 2.75) is 19.0 Å². The smallest absolute Gasteiger partial charge is 0.267 e. The highest BCUT2D eigenvalue weighted by Crippen LogP contribution is 2.26. The first kappa shape index (κ1) is 20.1. The van der Waals surface area contributed by atoms with E-state index in [9.17, 15) is 4.79 Å². The molecule has 8 heteroatoms. The zero-order chi connectivity index (χ0) is 22.1. The second-order valence-electron chi connectivity index (χ2n) is 7.74. The Labute approximate surface area is 184 Å². The van der Waals surface area contributed by atoms with Crippen LogP contribution in [-0.4, -0.2) is 46.1 Å². The summed E-state index contributed by atoms with van der Waals surface area (Å²) in [5.74, 6) is 1.41. The topological polar surface area (TPSA) is 91.2 Å². The second kappa shape index (κ2) is 8.39. The zero-order valence-corrected chi connectivity index (χ0v) is 17.9. The SMILES string of the molecule is COc1cccc(-c2ccc(=O)n(C3COCC3Nc3nc4ccccc4nc3C)n2)c1. The first-order chi connectivity index (χ1) is 15.6. The van der Waals surface area contributed by atoms with Gasteiger partial charge in [-0.1, -0.05) is 24.3 Å². The lowest BCUT2D eigenvalue weighted by atomic mass is 10.1. The summed E-state index contributed by atoms with van der Waals surface area (Å²) in [6.45, 7) is 2.74. The van der Waals surface area contributed by atoms with Crippen molar-refractivity contribution in [3.8, 4) is 17.0 Å². The minimum Gasteiger partial charge on any atom is -0.497 e. The van der Waals surface area contributed by atoms with E-state index in [0.29, 0.717) is 24.7 Å². The minimum absolute atomic E-state index is 0.171. The van der Waals surface area contributed by atoms with Gasteiger partial charge in [0.05, 0.1) is 48.8 Å². The molecular weight excluding hydrogens is 406 g/mol. The number of nitrogens with one attached hydrogen (secondary N) is 1. The molecule has 0 bridgehead atoms. The fourth-order valence-electron chi connectivity index (χ4n) is 3.92. The monoisotopic (exact) mass is 429 g/mol. The molecule has 0 spiro atoms. The van der Waals surface area contributed by atoms with Crippen molar-refractivity contribution >= 4 is 16.9 Å². The van der Waals surface area contributed by atoms with Gasteiger partial charge in [0, 0.05) is 11.6 Å². The molecule has 1 aliphatic rings. The predicted octanol–water partition coefficient (Wildman–Crippen LogP) is 3.22. The molecule has 4 aromatic rings. The van der Waals surface area contributed by atoms with Gasteiger partial charge in [0.15, 0.2) is 0 Å². The third-order valence-electron chi connectivity index (χ3n) is 5.62. The molecule has 0 aliphatic carbocycles. The molecule has 1 N–H and O–H groups in total. The molecule has 2 aromatic carbocycles. The Morgan fingerprint density at radius 1 is 1.03 bits per heavy atom. The average Bonchev–Trinajstić information content (AvgIpc) is 3.28. The first-order valence-electron chi connectivity index (χ1n) is 10.4. The number of ether oxygens (including phenoxy) is 2. The Kier molecular flexibility index (Phi) is 5.28. The number of anilines is 1. The van der Waals surface area contributed by atoms with Crippen LogP contribution in [0.2, 0.25) is 0 Å². The van der Waals surface area contributed by atoms with Gasteiger partial charge in [0.25, 0.3) is 5.56 Å². The summed E-state index contributed by atoms with van der Waals surface area (Å²) in [7, 11) is 1.62. The van der Waals surface area contributed by atoms with Gasteiger partial charge in [-0.3, -0.25) is 4.79 Å². The fourth-order valence-corrected chi connectivity index (χ4v) is 3.92. The van der Waals surface area contributed by atoms with Crippen molar-refractivity contribution in [2.24, 2.45) is 0 Å². The Morgan fingerprint density at radius 2 is 1.84 bits per heavy atom. The normalized spacial score (nSPS) is 18.1. The molecule has 32 heavy (non-hydrogen) atoms. The zero-order valence-electron chi connectivity index (χ0n) is 17.9. The highest BCUT2D eigenvalue weighted by Gasteiger charge is 2.32. The van der Waals surface area contributed by atoms with Crippen molar-refractivity contribution in [1.82, 2.24) is 19.7 Å². The number of para-hydroxylation sites is 2. The van der Waals surface area contributed by atoms with Crippen LogP contribution in [0, 0.1) is 6.92 Å². The maximum Gasteiger partial charge on any atom is 0.267 e. The molecule has 0 radical (unpaired) electrons. The van der Waals surface area contributed by atoms with Gasteiger partial charge in [-0.25, -0.2) is 14.6 Å². The number of nitrogens with zero attached hydrogens (tertiary/aromatic N) is 4. The van der Waals surface area contributed by atoms with Crippen LogP contribution in [0.3, 0.4) is 0 Å². The van der Waals surface area contributed by atoms with E-state index in [-0.39, 0.29) is 17.6 Å². The number of hydrogen-bond donors (Lipinski definition) is 1. The lowest BCUT2D eigenvalue weighted by molar-refractivity contribution is 0.183. The third kappa shape index (κ3) is 3.80. The van der Waals surface area contributed by atoms with Gasteiger partial charge in [-0.05, 0) is 37.3 Å². The van der Waals surface area contributed by atoms with Gasteiger partial charge in [0.1, 0.15) is 17.6 Å². The molecule has 2 aromatic heterocycles. The lowest BCUT2D eigenvalue weighted by Crippen LogP contribution is -2.37. The largest absolute Gasteiger partial charge is 0.497 e. The van der Waals surface area contributed by atoms with Crippen molar-refractivity contribution < 1.29 is 9.47 Å². The molecule has 2 atom stereocenters. The molecule has 0 amide bonds. The Balaban J connectivity index is 1.47. The summed E-state index contributed by atoms with van der Waals surface area (Å²) in [5, 5.41) is 8.09. The van der Waals surface area contributed by atoms with Crippen molar-refractivity contribution in [3.63, 3.8) is 0 Å². The van der Waals surface area contributed by atoms with Gasteiger partial charge in [-0.2, -0.15) is 5.10 Å². The van der Waals surface area contributed by atoms with Crippen molar-refractivity contribution in [2.75, 3.05) is 25.6 Å². The molecule has 3 heterocycles. The molecule has 1 fully saturated rings. The number of benzene rings is 2. The fraction of sp³-hybridized carbons (Fsp3) is 0.250. The maximum absolute atomic E-state index is 12.7. The van der Waals surface area contributed by atoms with Gasteiger partial charge >= 0.3 is 0 Å². The Morgan fingerprint density at radius 3 is 2.66 bits per heavy atom. The number of methoxy groups -OCH3 is 1. The summed E-state index contributed by atoms with van der Waals surface area (Å²) >= 11 is 0. The van der Waals surface area contributed by atoms with E-state index in [1.165, 1.54) is 10.7 Å². The highest BCUT2D eigenvalue weighted by atomic mass is 16.5. The predicted molar refractivity (Wildman–Crippen MR) is 122 cm³/mol.